The number of amides is 1. The van der Waals surface area contributed by atoms with Gasteiger partial charge in [0.25, 0.3) is 0 Å². The Morgan fingerprint density at radius 1 is 1.54 bits per heavy atom. The van der Waals surface area contributed by atoms with Gasteiger partial charge in [-0.25, -0.2) is 4.79 Å². The van der Waals surface area contributed by atoms with Gasteiger partial charge >= 0.3 is 6.09 Å². The zero-order valence-corrected chi connectivity index (χ0v) is 8.15. The maximum Gasteiger partial charge on any atom is 0.407 e. The molecule has 74 valence electrons. The van der Waals surface area contributed by atoms with E-state index in [-0.39, 0.29) is 17.4 Å². The molecule has 1 aliphatic rings. The van der Waals surface area contributed by atoms with Crippen molar-refractivity contribution in [3.8, 4) is 0 Å². The van der Waals surface area contributed by atoms with Crippen molar-refractivity contribution >= 4 is 12.4 Å². The smallest absolute Gasteiger partial charge is 0.407 e. The predicted molar refractivity (Wildman–Crippen MR) is 47.5 cm³/mol. The van der Waals surface area contributed by atoms with Crippen molar-refractivity contribution in [3.63, 3.8) is 0 Å². The van der Waals surface area contributed by atoms with Crippen molar-refractivity contribution in [1.29, 1.82) is 0 Å². The fraction of sp³-hybridized carbons (Fsp3) is 0.778. The Kier molecular flexibility index (Phi) is 2.32. The van der Waals surface area contributed by atoms with Gasteiger partial charge in [0.2, 0.25) is 0 Å². The van der Waals surface area contributed by atoms with Crippen LogP contribution in [0.3, 0.4) is 0 Å². The molecule has 0 spiro atoms. The lowest BCUT2D eigenvalue weighted by Gasteiger charge is -2.50. The van der Waals surface area contributed by atoms with Crippen LogP contribution < -0.4 is 0 Å². The Hall–Kier alpha value is -1.06. The second kappa shape index (κ2) is 3.01. The van der Waals surface area contributed by atoms with Gasteiger partial charge in [-0.2, -0.15) is 0 Å². The van der Waals surface area contributed by atoms with Gasteiger partial charge in [-0.3, -0.25) is 0 Å². The molecule has 1 N–H and O–H groups in total. The number of nitrogens with zero attached hydrogens (tertiary/aromatic N) is 1. The molecule has 0 aromatic rings. The third kappa shape index (κ3) is 1.66. The number of hydrogen-bond donors (Lipinski definition) is 1. The average Bonchev–Trinajstić information content (AvgIpc) is 1.80. The lowest BCUT2D eigenvalue weighted by atomic mass is 9.73. The first-order chi connectivity index (χ1) is 5.88. The Morgan fingerprint density at radius 3 is 2.38 bits per heavy atom. The summed E-state index contributed by atoms with van der Waals surface area (Å²) in [5.74, 6) is -0.129. The van der Waals surface area contributed by atoms with Crippen LogP contribution in [0.5, 0.6) is 0 Å². The van der Waals surface area contributed by atoms with Crippen LogP contribution in [0.1, 0.15) is 20.8 Å². The second-order valence-electron chi connectivity index (χ2n) is 4.55. The predicted octanol–water partition coefficient (Wildman–Crippen LogP) is 1.21. The number of aldehydes is 1. The van der Waals surface area contributed by atoms with E-state index in [0.29, 0.717) is 6.54 Å². The Labute approximate surface area is 77.5 Å². The van der Waals surface area contributed by atoms with E-state index < -0.39 is 6.09 Å². The molecule has 4 nitrogen and oxygen atoms in total. The zero-order valence-electron chi connectivity index (χ0n) is 8.15. The highest BCUT2D eigenvalue weighted by Crippen LogP contribution is 2.37. The summed E-state index contributed by atoms with van der Waals surface area (Å²) in [6.07, 6.45) is -0.0759. The lowest BCUT2D eigenvalue weighted by molar-refractivity contribution is -0.123. The first kappa shape index (κ1) is 10.0. The zero-order chi connectivity index (χ0) is 10.2. The van der Waals surface area contributed by atoms with E-state index >= 15 is 0 Å². The van der Waals surface area contributed by atoms with Crippen LogP contribution in [0, 0.1) is 11.3 Å². The van der Waals surface area contributed by atoms with Crippen molar-refractivity contribution in [1.82, 2.24) is 4.90 Å². The van der Waals surface area contributed by atoms with Crippen molar-refractivity contribution in [3.05, 3.63) is 0 Å². The molecule has 0 aliphatic carbocycles. The van der Waals surface area contributed by atoms with Crippen LogP contribution in [0.25, 0.3) is 0 Å². The summed E-state index contributed by atoms with van der Waals surface area (Å²) in [6.45, 7) is 6.19. The topological polar surface area (TPSA) is 57.6 Å². The van der Waals surface area contributed by atoms with Gasteiger partial charge in [0.1, 0.15) is 6.29 Å². The second-order valence-corrected chi connectivity index (χ2v) is 4.55. The number of hydrogen-bond acceptors (Lipinski definition) is 2. The fourth-order valence-corrected chi connectivity index (χ4v) is 1.96. The molecule has 1 amide bonds. The maximum absolute atomic E-state index is 10.7. The molecule has 4 heteroatoms. The standard InChI is InChI=1S/C9H15NO3/c1-9(2,3)7-6(5-11)4-10(7)8(12)13/h5-7H,4H2,1-3H3,(H,12,13). The highest BCUT2D eigenvalue weighted by atomic mass is 16.4. The summed E-state index contributed by atoms with van der Waals surface area (Å²) < 4.78 is 0. The Bertz CT molecular complexity index is 232. The summed E-state index contributed by atoms with van der Waals surface area (Å²) in [6, 6.07) is -0.164. The van der Waals surface area contributed by atoms with Crippen molar-refractivity contribution in [2.45, 2.75) is 26.8 Å². The van der Waals surface area contributed by atoms with Crippen molar-refractivity contribution in [2.24, 2.45) is 11.3 Å². The summed E-state index contributed by atoms with van der Waals surface area (Å²) in [7, 11) is 0. The average molecular weight is 185 g/mol. The molecule has 1 rings (SSSR count). The summed E-state index contributed by atoms with van der Waals surface area (Å²) in [4.78, 5) is 22.6. The fourth-order valence-electron chi connectivity index (χ4n) is 1.96. The number of carbonyl (C=O) groups excluding carboxylic acids is 1. The van der Waals surface area contributed by atoms with Gasteiger partial charge < -0.3 is 14.8 Å². The van der Waals surface area contributed by atoms with E-state index in [1.807, 2.05) is 20.8 Å². The molecule has 0 aromatic carbocycles. The Morgan fingerprint density at radius 2 is 2.08 bits per heavy atom. The first-order valence-electron chi connectivity index (χ1n) is 4.33. The first-order valence-corrected chi connectivity index (χ1v) is 4.33. The van der Waals surface area contributed by atoms with E-state index in [9.17, 15) is 9.59 Å². The third-order valence-corrected chi connectivity index (χ3v) is 2.46. The van der Waals surface area contributed by atoms with Crippen LogP contribution >= 0.6 is 0 Å². The van der Waals surface area contributed by atoms with Crippen molar-refractivity contribution < 1.29 is 14.7 Å². The van der Waals surface area contributed by atoms with Crippen molar-refractivity contribution in [2.75, 3.05) is 6.54 Å². The SMILES string of the molecule is CC(C)(C)C1C(C=O)CN1C(=O)O. The number of carbonyl (C=O) groups is 2. The van der Waals surface area contributed by atoms with Crippen LogP contribution in [-0.2, 0) is 4.79 Å². The molecule has 0 aromatic heterocycles. The van der Waals surface area contributed by atoms with Crippen LogP contribution in [0.2, 0.25) is 0 Å². The molecular formula is C9H15NO3. The third-order valence-electron chi connectivity index (χ3n) is 2.46. The lowest BCUT2D eigenvalue weighted by Crippen LogP contribution is -2.63. The summed E-state index contributed by atoms with van der Waals surface area (Å²) in [5.41, 5.74) is -0.164. The van der Waals surface area contributed by atoms with Gasteiger partial charge in [-0.05, 0) is 5.41 Å². The molecule has 0 radical (unpaired) electrons. The molecule has 1 heterocycles. The molecule has 0 saturated carbocycles. The molecule has 2 atom stereocenters. The minimum Gasteiger partial charge on any atom is -0.465 e. The summed E-state index contributed by atoms with van der Waals surface area (Å²) >= 11 is 0. The molecular weight excluding hydrogens is 170 g/mol. The van der Waals surface area contributed by atoms with Crippen LogP contribution in [0.15, 0.2) is 0 Å². The van der Waals surface area contributed by atoms with E-state index in [0.717, 1.165) is 6.29 Å². The highest BCUT2D eigenvalue weighted by Gasteiger charge is 2.48. The number of likely N-dealkylation sites (tertiary alicyclic amines) is 1. The molecule has 13 heavy (non-hydrogen) atoms. The maximum atomic E-state index is 10.7. The minimum atomic E-state index is -0.932. The quantitative estimate of drug-likeness (QED) is 0.625. The van der Waals surface area contributed by atoms with Crippen LogP contribution in [-0.4, -0.2) is 35.0 Å². The van der Waals surface area contributed by atoms with E-state index in [2.05, 4.69) is 0 Å². The molecule has 1 aliphatic heterocycles. The minimum absolute atomic E-state index is 0.129. The van der Waals surface area contributed by atoms with Gasteiger partial charge in [0.05, 0.1) is 12.0 Å². The van der Waals surface area contributed by atoms with E-state index in [1.165, 1.54) is 4.90 Å². The molecule has 1 saturated heterocycles. The largest absolute Gasteiger partial charge is 0.465 e. The molecule has 1 fully saturated rings. The normalized spacial score (nSPS) is 28.1. The number of rotatable bonds is 1. The summed E-state index contributed by atoms with van der Waals surface area (Å²) in [5, 5.41) is 8.79. The van der Waals surface area contributed by atoms with Crippen LogP contribution in [0.4, 0.5) is 4.79 Å². The number of carboxylic acid groups (broad SMARTS) is 1. The van der Waals surface area contributed by atoms with Gasteiger partial charge in [0.15, 0.2) is 0 Å². The Balaban J connectivity index is 2.76. The molecule has 0 bridgehead atoms. The van der Waals surface area contributed by atoms with Gasteiger partial charge in [0, 0.05) is 6.54 Å². The van der Waals surface area contributed by atoms with E-state index in [1.54, 1.807) is 0 Å². The van der Waals surface area contributed by atoms with Gasteiger partial charge in [-0.1, -0.05) is 20.8 Å². The molecule has 2 unspecified atom stereocenters. The van der Waals surface area contributed by atoms with E-state index in [4.69, 9.17) is 5.11 Å². The monoisotopic (exact) mass is 185 g/mol. The van der Waals surface area contributed by atoms with Gasteiger partial charge in [-0.15, -0.1) is 0 Å². The highest BCUT2D eigenvalue weighted by molar-refractivity contribution is 5.71.